The van der Waals surface area contributed by atoms with Crippen molar-refractivity contribution < 1.29 is 9.53 Å². The standard InChI is InChI=1S/C19H21NO2/c1-20(2)14-15-13-19(22-18(15)21,16-9-5-3-6-10-16)17-11-7-4-8-12-17/h3-12,15H,13-14H2,1-2H3. The van der Waals surface area contributed by atoms with E-state index in [1.165, 1.54) is 0 Å². The first-order chi connectivity index (χ1) is 10.6. The lowest BCUT2D eigenvalue weighted by Crippen LogP contribution is -2.27. The minimum Gasteiger partial charge on any atom is -0.449 e. The Morgan fingerprint density at radius 1 is 1.00 bits per heavy atom. The van der Waals surface area contributed by atoms with Crippen LogP contribution in [0.3, 0.4) is 0 Å². The Bertz CT molecular complexity index is 597. The first-order valence-corrected chi connectivity index (χ1v) is 7.60. The highest BCUT2D eigenvalue weighted by molar-refractivity contribution is 5.77. The second-order valence-corrected chi connectivity index (χ2v) is 6.14. The number of cyclic esters (lactones) is 1. The number of rotatable bonds is 4. The van der Waals surface area contributed by atoms with Crippen LogP contribution in [0.1, 0.15) is 17.5 Å². The summed E-state index contributed by atoms with van der Waals surface area (Å²) in [6.45, 7) is 0.709. The molecule has 3 rings (SSSR count). The van der Waals surface area contributed by atoms with E-state index in [-0.39, 0.29) is 11.9 Å². The van der Waals surface area contributed by atoms with Gasteiger partial charge >= 0.3 is 5.97 Å². The summed E-state index contributed by atoms with van der Waals surface area (Å²) in [6, 6.07) is 20.1. The van der Waals surface area contributed by atoms with Crippen molar-refractivity contribution in [3.63, 3.8) is 0 Å². The second kappa shape index (κ2) is 5.93. The van der Waals surface area contributed by atoms with E-state index in [9.17, 15) is 4.79 Å². The molecular formula is C19H21NO2. The van der Waals surface area contributed by atoms with Crippen LogP contribution in [-0.4, -0.2) is 31.5 Å². The van der Waals surface area contributed by atoms with Crippen molar-refractivity contribution in [1.82, 2.24) is 4.90 Å². The smallest absolute Gasteiger partial charge is 0.311 e. The van der Waals surface area contributed by atoms with Crippen LogP contribution in [0.15, 0.2) is 60.7 Å². The highest BCUT2D eigenvalue weighted by Crippen LogP contribution is 2.45. The van der Waals surface area contributed by atoms with Crippen molar-refractivity contribution in [2.24, 2.45) is 5.92 Å². The second-order valence-electron chi connectivity index (χ2n) is 6.14. The highest BCUT2D eigenvalue weighted by atomic mass is 16.6. The Morgan fingerprint density at radius 3 is 1.95 bits per heavy atom. The number of carbonyl (C=O) groups is 1. The zero-order chi connectivity index (χ0) is 15.6. The van der Waals surface area contributed by atoms with E-state index in [0.717, 1.165) is 11.1 Å². The average molecular weight is 295 g/mol. The van der Waals surface area contributed by atoms with Gasteiger partial charge in [0.25, 0.3) is 0 Å². The first-order valence-electron chi connectivity index (χ1n) is 7.60. The lowest BCUT2D eigenvalue weighted by Gasteiger charge is -2.29. The summed E-state index contributed by atoms with van der Waals surface area (Å²) in [7, 11) is 3.97. The van der Waals surface area contributed by atoms with Gasteiger partial charge in [0, 0.05) is 24.1 Å². The molecule has 3 nitrogen and oxygen atoms in total. The lowest BCUT2D eigenvalue weighted by atomic mass is 9.81. The molecule has 1 saturated heterocycles. The van der Waals surface area contributed by atoms with Crippen LogP contribution in [-0.2, 0) is 15.1 Å². The van der Waals surface area contributed by atoms with Gasteiger partial charge < -0.3 is 9.64 Å². The molecule has 3 heteroatoms. The largest absolute Gasteiger partial charge is 0.449 e. The maximum Gasteiger partial charge on any atom is 0.311 e. The Morgan fingerprint density at radius 2 is 1.50 bits per heavy atom. The van der Waals surface area contributed by atoms with Crippen LogP contribution in [0.25, 0.3) is 0 Å². The summed E-state index contributed by atoms with van der Waals surface area (Å²) < 4.78 is 5.97. The molecule has 114 valence electrons. The Balaban J connectivity index is 2.05. The van der Waals surface area contributed by atoms with Gasteiger partial charge in [-0.25, -0.2) is 0 Å². The number of carbonyl (C=O) groups excluding carboxylic acids is 1. The normalized spacial score (nSPS) is 20.1. The topological polar surface area (TPSA) is 29.5 Å². The Kier molecular flexibility index (Phi) is 3.99. The summed E-state index contributed by atoms with van der Waals surface area (Å²) in [5.41, 5.74) is 1.41. The maximum atomic E-state index is 12.4. The van der Waals surface area contributed by atoms with E-state index >= 15 is 0 Å². The minimum atomic E-state index is -0.666. The molecule has 0 N–H and O–H groups in total. The van der Waals surface area contributed by atoms with Crippen LogP contribution in [0.4, 0.5) is 0 Å². The molecule has 2 aromatic carbocycles. The summed E-state index contributed by atoms with van der Waals surface area (Å²) in [6.07, 6.45) is 0.679. The molecule has 1 heterocycles. The van der Waals surface area contributed by atoms with Crippen LogP contribution >= 0.6 is 0 Å². The molecule has 0 saturated carbocycles. The van der Waals surface area contributed by atoms with Crippen LogP contribution < -0.4 is 0 Å². The van der Waals surface area contributed by atoms with Crippen molar-refractivity contribution in [3.8, 4) is 0 Å². The van der Waals surface area contributed by atoms with E-state index in [4.69, 9.17) is 4.74 Å². The van der Waals surface area contributed by atoms with Crippen LogP contribution in [0, 0.1) is 5.92 Å². The van der Waals surface area contributed by atoms with Gasteiger partial charge in [0.05, 0.1) is 5.92 Å². The molecule has 1 unspecified atom stereocenters. The third-order valence-corrected chi connectivity index (χ3v) is 4.21. The molecule has 0 aliphatic carbocycles. The summed E-state index contributed by atoms with van der Waals surface area (Å²) in [4.78, 5) is 14.5. The number of esters is 1. The monoisotopic (exact) mass is 295 g/mol. The van der Waals surface area contributed by atoms with E-state index in [2.05, 4.69) is 0 Å². The van der Waals surface area contributed by atoms with Crippen molar-refractivity contribution in [2.75, 3.05) is 20.6 Å². The summed E-state index contributed by atoms with van der Waals surface area (Å²) >= 11 is 0. The van der Waals surface area contributed by atoms with Crippen LogP contribution in [0.2, 0.25) is 0 Å². The first kappa shape index (κ1) is 14.8. The predicted molar refractivity (Wildman–Crippen MR) is 86.4 cm³/mol. The minimum absolute atomic E-state index is 0.101. The number of ether oxygens (including phenoxy) is 1. The van der Waals surface area contributed by atoms with E-state index < -0.39 is 5.60 Å². The van der Waals surface area contributed by atoms with Crippen molar-refractivity contribution in [2.45, 2.75) is 12.0 Å². The summed E-state index contributed by atoms with van der Waals surface area (Å²) in [5, 5.41) is 0. The van der Waals surface area contributed by atoms with Gasteiger partial charge in [-0.2, -0.15) is 0 Å². The third-order valence-electron chi connectivity index (χ3n) is 4.21. The van der Waals surface area contributed by atoms with Crippen LogP contribution in [0.5, 0.6) is 0 Å². The molecule has 0 bridgehead atoms. The van der Waals surface area contributed by atoms with Gasteiger partial charge in [0.1, 0.15) is 0 Å². The molecule has 1 fully saturated rings. The number of hydrogen-bond acceptors (Lipinski definition) is 3. The molecule has 1 aliphatic rings. The average Bonchev–Trinajstić information content (AvgIpc) is 2.86. The molecule has 1 aliphatic heterocycles. The van der Waals surface area contributed by atoms with E-state index in [1.807, 2.05) is 79.7 Å². The van der Waals surface area contributed by atoms with Gasteiger partial charge in [-0.05, 0) is 14.1 Å². The maximum absolute atomic E-state index is 12.4. The Labute approximate surface area is 131 Å². The molecule has 22 heavy (non-hydrogen) atoms. The summed E-state index contributed by atoms with van der Waals surface area (Å²) in [5.74, 6) is -0.211. The van der Waals surface area contributed by atoms with Gasteiger partial charge in [0.15, 0.2) is 5.60 Å². The lowest BCUT2D eigenvalue weighted by molar-refractivity contribution is -0.149. The predicted octanol–water partition coefficient (Wildman–Crippen LogP) is 3.05. The zero-order valence-corrected chi connectivity index (χ0v) is 13.0. The number of nitrogens with zero attached hydrogens (tertiary/aromatic N) is 1. The highest BCUT2D eigenvalue weighted by Gasteiger charge is 2.49. The molecule has 0 spiro atoms. The van der Waals surface area contributed by atoms with Gasteiger partial charge in [-0.15, -0.1) is 0 Å². The molecule has 0 aromatic heterocycles. The fraction of sp³-hybridized carbons (Fsp3) is 0.316. The van der Waals surface area contributed by atoms with Gasteiger partial charge in [0.2, 0.25) is 0 Å². The molecule has 2 aromatic rings. The zero-order valence-electron chi connectivity index (χ0n) is 13.0. The fourth-order valence-corrected chi connectivity index (χ4v) is 3.24. The van der Waals surface area contributed by atoms with Gasteiger partial charge in [-0.3, -0.25) is 4.79 Å². The fourth-order valence-electron chi connectivity index (χ4n) is 3.24. The molecule has 0 amide bonds. The van der Waals surface area contributed by atoms with E-state index in [0.29, 0.717) is 13.0 Å². The van der Waals surface area contributed by atoms with Crippen molar-refractivity contribution in [3.05, 3.63) is 71.8 Å². The SMILES string of the molecule is CN(C)CC1CC(c2ccccc2)(c2ccccc2)OC1=O. The Hall–Kier alpha value is -2.13. The molecular weight excluding hydrogens is 274 g/mol. The third kappa shape index (κ3) is 2.64. The van der Waals surface area contributed by atoms with Crippen molar-refractivity contribution >= 4 is 5.97 Å². The quantitative estimate of drug-likeness (QED) is 0.812. The van der Waals surface area contributed by atoms with Crippen molar-refractivity contribution in [1.29, 1.82) is 0 Å². The van der Waals surface area contributed by atoms with E-state index in [1.54, 1.807) is 0 Å². The number of hydrogen-bond donors (Lipinski definition) is 0. The molecule has 0 radical (unpaired) electrons. The van der Waals surface area contributed by atoms with Gasteiger partial charge in [-0.1, -0.05) is 60.7 Å². The number of benzene rings is 2. The molecule has 1 atom stereocenters.